The van der Waals surface area contributed by atoms with Crippen molar-refractivity contribution in [1.29, 1.82) is 0 Å². The van der Waals surface area contributed by atoms with Crippen LogP contribution in [0.15, 0.2) is 29.6 Å². The number of nitrogens with zero attached hydrogens (tertiary/aromatic N) is 1. The quantitative estimate of drug-likeness (QED) is 0.712. The molecule has 2 aromatic rings. The van der Waals surface area contributed by atoms with Gasteiger partial charge in [0.15, 0.2) is 0 Å². The summed E-state index contributed by atoms with van der Waals surface area (Å²) in [6.45, 7) is 1.61. The van der Waals surface area contributed by atoms with E-state index in [0.717, 1.165) is 42.6 Å². The molecule has 26 heavy (non-hydrogen) atoms. The van der Waals surface area contributed by atoms with E-state index in [1.165, 1.54) is 0 Å². The summed E-state index contributed by atoms with van der Waals surface area (Å²) in [6.07, 6.45) is -3.78. The lowest BCUT2D eigenvalue weighted by molar-refractivity contribution is -0.139. The maximum absolute atomic E-state index is 13.6. The van der Waals surface area contributed by atoms with Crippen molar-refractivity contribution >= 4 is 17.1 Å². The summed E-state index contributed by atoms with van der Waals surface area (Å²) >= 11 is 0.872. The van der Waals surface area contributed by atoms with Crippen LogP contribution in [-0.4, -0.2) is 30.8 Å². The van der Waals surface area contributed by atoms with Crippen molar-refractivity contribution in [3.8, 4) is 5.75 Å². The third-order valence-electron chi connectivity index (χ3n) is 5.20. The molecule has 0 radical (unpaired) electrons. The zero-order valence-corrected chi connectivity index (χ0v) is 15.0. The molecule has 0 spiro atoms. The number of piperidine rings is 1. The van der Waals surface area contributed by atoms with Crippen LogP contribution in [-0.2, 0) is 6.18 Å². The standard InChI is InChI=1S/C19H18F3NO2S/c1-23-8-6-11(7-9-23)17-15-13(19(20,21)22)10-26-18(15)16(24)12-4-2-3-5-14(12)25-17/h2-5,10-11,17H,6-9H2,1H3/t17-/m1/s1. The van der Waals surface area contributed by atoms with E-state index < -0.39 is 17.8 Å². The molecule has 1 aromatic carbocycles. The number of likely N-dealkylation sites (tertiary alicyclic amines) is 1. The van der Waals surface area contributed by atoms with E-state index in [2.05, 4.69) is 4.90 Å². The molecule has 2 aliphatic rings. The zero-order chi connectivity index (χ0) is 18.5. The Kier molecular flexibility index (Phi) is 4.31. The maximum atomic E-state index is 13.6. The van der Waals surface area contributed by atoms with E-state index in [4.69, 9.17) is 4.74 Å². The molecule has 3 nitrogen and oxygen atoms in total. The topological polar surface area (TPSA) is 29.5 Å². The number of hydrogen-bond donors (Lipinski definition) is 0. The number of fused-ring (bicyclic) bond motifs is 2. The van der Waals surface area contributed by atoms with Gasteiger partial charge in [-0.3, -0.25) is 4.79 Å². The first-order valence-electron chi connectivity index (χ1n) is 8.53. The minimum absolute atomic E-state index is 0.0262. The highest BCUT2D eigenvalue weighted by Crippen LogP contribution is 2.48. The second kappa shape index (κ2) is 6.39. The lowest BCUT2D eigenvalue weighted by Gasteiger charge is -2.34. The van der Waals surface area contributed by atoms with Gasteiger partial charge in [0.25, 0.3) is 0 Å². The number of ketones is 1. The molecule has 0 aliphatic carbocycles. The fourth-order valence-electron chi connectivity index (χ4n) is 3.78. The number of carbonyl (C=O) groups excluding carboxylic acids is 1. The molecule has 1 fully saturated rings. The monoisotopic (exact) mass is 381 g/mol. The first-order chi connectivity index (χ1) is 12.4. The van der Waals surface area contributed by atoms with Gasteiger partial charge in [-0.2, -0.15) is 13.2 Å². The van der Waals surface area contributed by atoms with Crippen LogP contribution in [0.3, 0.4) is 0 Å². The van der Waals surface area contributed by atoms with Gasteiger partial charge in [0, 0.05) is 16.9 Å². The van der Waals surface area contributed by atoms with Crippen molar-refractivity contribution in [2.45, 2.75) is 25.1 Å². The predicted molar refractivity (Wildman–Crippen MR) is 92.8 cm³/mol. The number of ether oxygens (including phenoxy) is 1. The van der Waals surface area contributed by atoms with Gasteiger partial charge >= 0.3 is 6.18 Å². The molecular weight excluding hydrogens is 363 g/mol. The van der Waals surface area contributed by atoms with Crippen LogP contribution in [0.4, 0.5) is 13.2 Å². The number of halogens is 3. The minimum atomic E-state index is -4.51. The van der Waals surface area contributed by atoms with E-state index in [-0.39, 0.29) is 22.1 Å². The van der Waals surface area contributed by atoms with E-state index in [1.54, 1.807) is 24.3 Å². The van der Waals surface area contributed by atoms with Gasteiger partial charge in [-0.15, -0.1) is 11.3 Å². The molecule has 4 rings (SSSR count). The van der Waals surface area contributed by atoms with E-state index in [0.29, 0.717) is 11.3 Å². The molecule has 2 aliphatic heterocycles. The number of hydrogen-bond acceptors (Lipinski definition) is 4. The third kappa shape index (κ3) is 2.93. The van der Waals surface area contributed by atoms with E-state index >= 15 is 0 Å². The summed E-state index contributed by atoms with van der Waals surface area (Å²) in [5.41, 5.74) is -0.374. The van der Waals surface area contributed by atoms with Gasteiger partial charge in [-0.05, 0) is 45.1 Å². The molecule has 0 bridgehead atoms. The number of rotatable bonds is 1. The molecule has 0 saturated carbocycles. The SMILES string of the molecule is CN1CCC([C@H]2Oc3ccccc3C(=O)c3scc(C(F)(F)F)c32)CC1. The average Bonchev–Trinajstić information content (AvgIpc) is 3.01. The van der Waals surface area contributed by atoms with Crippen molar-refractivity contribution < 1.29 is 22.7 Å². The van der Waals surface area contributed by atoms with Crippen molar-refractivity contribution in [3.05, 3.63) is 51.2 Å². The second-order valence-corrected chi connectivity index (χ2v) is 7.77. The normalized spacial score (nSPS) is 21.7. The number of carbonyl (C=O) groups is 1. The lowest BCUT2D eigenvalue weighted by Crippen LogP contribution is -2.34. The largest absolute Gasteiger partial charge is 0.485 e. The van der Waals surface area contributed by atoms with E-state index in [9.17, 15) is 18.0 Å². The highest BCUT2D eigenvalue weighted by molar-refractivity contribution is 7.12. The molecule has 0 amide bonds. The van der Waals surface area contributed by atoms with Crippen molar-refractivity contribution in [3.63, 3.8) is 0 Å². The molecule has 1 aromatic heterocycles. The number of para-hydroxylation sites is 1. The smallest absolute Gasteiger partial charge is 0.417 e. The molecular formula is C19H18F3NO2S. The highest BCUT2D eigenvalue weighted by Gasteiger charge is 2.44. The lowest BCUT2D eigenvalue weighted by atomic mass is 9.85. The number of benzene rings is 1. The minimum Gasteiger partial charge on any atom is -0.485 e. The second-order valence-electron chi connectivity index (χ2n) is 6.89. The van der Waals surface area contributed by atoms with Crippen LogP contribution in [0.1, 0.15) is 45.3 Å². The first-order valence-corrected chi connectivity index (χ1v) is 9.41. The van der Waals surface area contributed by atoms with Crippen molar-refractivity contribution in [2.24, 2.45) is 5.92 Å². The Morgan fingerprint density at radius 1 is 1.19 bits per heavy atom. The van der Waals surface area contributed by atoms with Gasteiger partial charge in [0.2, 0.25) is 5.78 Å². The molecule has 7 heteroatoms. The number of thiophene rings is 1. The molecule has 0 unspecified atom stereocenters. The Hall–Kier alpha value is -1.86. The molecule has 138 valence electrons. The van der Waals surface area contributed by atoms with Crippen LogP contribution >= 0.6 is 11.3 Å². The summed E-state index contributed by atoms with van der Waals surface area (Å²) in [4.78, 5) is 15.2. The van der Waals surface area contributed by atoms with Gasteiger partial charge in [0.05, 0.1) is 16.0 Å². The van der Waals surface area contributed by atoms with E-state index in [1.807, 2.05) is 7.05 Å². The van der Waals surface area contributed by atoms with Crippen LogP contribution in [0.25, 0.3) is 0 Å². The fraction of sp³-hybridized carbons (Fsp3) is 0.421. The van der Waals surface area contributed by atoms with Crippen LogP contribution in [0, 0.1) is 5.92 Å². The number of alkyl halides is 3. The summed E-state index contributed by atoms with van der Waals surface area (Å²) in [5, 5.41) is 1.06. The predicted octanol–water partition coefficient (Wildman–Crippen LogP) is 4.77. The Bertz CT molecular complexity index is 838. The van der Waals surface area contributed by atoms with Gasteiger partial charge in [-0.25, -0.2) is 0 Å². The molecule has 3 heterocycles. The third-order valence-corrected chi connectivity index (χ3v) is 6.20. The van der Waals surface area contributed by atoms with Crippen LogP contribution in [0.5, 0.6) is 5.75 Å². The first kappa shape index (κ1) is 17.5. The Labute approximate surface area is 153 Å². The van der Waals surface area contributed by atoms with Gasteiger partial charge < -0.3 is 9.64 Å². The zero-order valence-electron chi connectivity index (χ0n) is 14.2. The van der Waals surface area contributed by atoms with Gasteiger partial charge in [-0.1, -0.05) is 12.1 Å². The van der Waals surface area contributed by atoms with Crippen LogP contribution < -0.4 is 4.74 Å². The Morgan fingerprint density at radius 3 is 2.58 bits per heavy atom. The Morgan fingerprint density at radius 2 is 1.88 bits per heavy atom. The molecule has 1 saturated heterocycles. The summed E-state index contributed by atoms with van der Waals surface area (Å²) in [7, 11) is 2.00. The van der Waals surface area contributed by atoms with Crippen molar-refractivity contribution in [2.75, 3.05) is 20.1 Å². The summed E-state index contributed by atoms with van der Waals surface area (Å²) < 4.78 is 47.0. The average molecular weight is 381 g/mol. The maximum Gasteiger partial charge on any atom is 0.417 e. The fourth-order valence-corrected chi connectivity index (χ4v) is 4.85. The van der Waals surface area contributed by atoms with Crippen LogP contribution in [0.2, 0.25) is 0 Å². The summed E-state index contributed by atoms with van der Waals surface area (Å²) in [6, 6.07) is 6.72. The highest BCUT2D eigenvalue weighted by atomic mass is 32.1. The molecule has 1 atom stereocenters. The van der Waals surface area contributed by atoms with Gasteiger partial charge in [0.1, 0.15) is 11.9 Å². The summed E-state index contributed by atoms with van der Waals surface area (Å²) in [5.74, 6) is -0.0657. The molecule has 0 N–H and O–H groups in total. The Balaban J connectivity index is 1.86. The van der Waals surface area contributed by atoms with Crippen molar-refractivity contribution in [1.82, 2.24) is 4.90 Å².